The van der Waals surface area contributed by atoms with E-state index in [1.54, 1.807) is 0 Å². The van der Waals surface area contributed by atoms with Gasteiger partial charge in [-0.2, -0.15) is 0 Å². The number of nitrogens with zero attached hydrogens (tertiary/aromatic N) is 1. The number of phosphoric acid groups is 1. The number of carbonyl (C=O) groups excluding carboxylic acids is 2. The minimum atomic E-state index is -4.42. The van der Waals surface area contributed by atoms with Crippen LogP contribution >= 0.6 is 7.82 Å². The number of rotatable bonds is 70. The van der Waals surface area contributed by atoms with Crippen LogP contribution in [-0.4, -0.2) is 74.9 Å². The SMILES string of the molecule is CC/C=C\C/C=C\C/C=C\C/C=C\C/C=C\C/C=C\C/C=C\C/C=C\C/C=C\C/C=C\CCCCC(=O)OC(COC(=O)CCCCCCCCCCCCCCCCCCCCCCCCCCCC/C=C\C/C=C\C/C=C\C/C=C\CC)COP(=O)(O)OCC[N+](C)(C)C. The van der Waals surface area contributed by atoms with E-state index in [-0.39, 0.29) is 32.0 Å². The molecule has 2 unspecified atom stereocenters. The second-order valence-corrected chi connectivity index (χ2v) is 28.1. The van der Waals surface area contributed by atoms with Gasteiger partial charge >= 0.3 is 19.8 Å². The minimum Gasteiger partial charge on any atom is -0.462 e. The molecule has 0 amide bonds. The van der Waals surface area contributed by atoms with Crippen LogP contribution in [0.3, 0.4) is 0 Å². The number of carbonyl (C=O) groups is 2. The Morgan fingerprint density at radius 1 is 0.323 bits per heavy atom. The van der Waals surface area contributed by atoms with E-state index in [4.69, 9.17) is 18.5 Å². The van der Waals surface area contributed by atoms with Crippen LogP contribution < -0.4 is 0 Å². The maximum Gasteiger partial charge on any atom is 0.472 e. The van der Waals surface area contributed by atoms with Crippen LogP contribution in [0.2, 0.25) is 0 Å². The zero-order valence-corrected chi connectivity index (χ0v) is 63.2. The molecule has 0 aliphatic heterocycles. The topological polar surface area (TPSA) is 108 Å². The molecule has 0 bridgehead atoms. The molecule has 0 spiro atoms. The van der Waals surface area contributed by atoms with Crippen molar-refractivity contribution in [1.82, 2.24) is 0 Å². The average molecular weight is 1350 g/mol. The number of unbranched alkanes of at least 4 members (excludes halogenated alkanes) is 28. The van der Waals surface area contributed by atoms with Gasteiger partial charge in [-0.3, -0.25) is 18.6 Å². The Bertz CT molecular complexity index is 2230. The van der Waals surface area contributed by atoms with E-state index in [2.05, 4.69) is 184 Å². The van der Waals surface area contributed by atoms with Gasteiger partial charge < -0.3 is 18.9 Å². The van der Waals surface area contributed by atoms with Crippen LogP contribution in [-0.2, 0) is 32.7 Å². The molecule has 1 N–H and O–H groups in total. The van der Waals surface area contributed by atoms with Crippen molar-refractivity contribution in [3.63, 3.8) is 0 Å². The van der Waals surface area contributed by atoms with Gasteiger partial charge in [-0.25, -0.2) is 4.57 Å². The van der Waals surface area contributed by atoms with Gasteiger partial charge in [0.15, 0.2) is 6.10 Å². The van der Waals surface area contributed by atoms with Crippen LogP contribution in [0.1, 0.15) is 309 Å². The standard InChI is InChI=1S/C86H144NO8P/c1-6-8-10-12-14-16-18-20-22-24-26-28-30-32-34-36-38-40-41-42-43-44-45-47-48-50-52-54-56-58-60-62-64-66-68-70-72-74-76-78-85(88)92-82-84(83-94-96(90,91)93-81-80-87(3,4)5)95-86(89)79-77-75-73-71-69-67-65-63-61-59-57-55-53-51-49-46-39-37-35-33-31-29-27-25-23-21-19-17-15-13-11-9-7-2/h8-11,14-17,20-23,26-29,33,35,39,46,51,53,57,59,63,65,69,71,84H,6-7,12-13,18-19,24-25,30-32,34,36-38,40-45,47-50,52,54-56,58,60-62,64,66-68,70,72-83H2,1-5H3/p+1/b10-8-,11-9-,16-14-,17-15-,22-20-,23-21-,28-26-,29-27-,35-33-,46-39-,53-51-,59-57-,65-63-,71-69-. The Morgan fingerprint density at radius 3 is 0.854 bits per heavy atom. The number of hydrogen-bond donors (Lipinski definition) is 1. The molecule has 0 aliphatic rings. The quantitative estimate of drug-likeness (QED) is 0.0211. The average Bonchev–Trinajstić information content (AvgIpc) is 1.48. The van der Waals surface area contributed by atoms with Gasteiger partial charge in [0.25, 0.3) is 0 Å². The summed E-state index contributed by atoms with van der Waals surface area (Å²) in [6, 6.07) is 0. The fraction of sp³-hybridized carbons (Fsp3) is 0.651. The molecule has 0 aromatic heterocycles. The summed E-state index contributed by atoms with van der Waals surface area (Å²) in [6.45, 7) is 4.17. The largest absolute Gasteiger partial charge is 0.472 e. The van der Waals surface area contributed by atoms with Crippen molar-refractivity contribution in [2.24, 2.45) is 0 Å². The molecule has 0 aliphatic carbocycles. The fourth-order valence-electron chi connectivity index (χ4n) is 10.4. The first-order valence-electron chi connectivity index (χ1n) is 38.9. The highest BCUT2D eigenvalue weighted by Crippen LogP contribution is 2.43. The zero-order chi connectivity index (χ0) is 69.7. The monoisotopic (exact) mass is 1350 g/mol. The summed E-state index contributed by atoms with van der Waals surface area (Å²) in [7, 11) is 1.44. The fourth-order valence-corrected chi connectivity index (χ4v) is 11.1. The Balaban J connectivity index is 4.06. The van der Waals surface area contributed by atoms with Gasteiger partial charge in [0.05, 0.1) is 27.7 Å². The van der Waals surface area contributed by atoms with Gasteiger partial charge in [0, 0.05) is 12.8 Å². The summed E-state index contributed by atoms with van der Waals surface area (Å²) in [6.07, 6.45) is 114. The molecule has 0 heterocycles. The second-order valence-electron chi connectivity index (χ2n) is 26.6. The van der Waals surface area contributed by atoms with Crippen LogP contribution in [0.15, 0.2) is 170 Å². The number of ether oxygens (including phenoxy) is 2. The third kappa shape index (κ3) is 78.4. The second kappa shape index (κ2) is 74.6. The zero-order valence-electron chi connectivity index (χ0n) is 62.3. The summed E-state index contributed by atoms with van der Waals surface area (Å²) in [5.41, 5.74) is 0. The summed E-state index contributed by atoms with van der Waals surface area (Å²) in [4.78, 5) is 35.9. The Kier molecular flexibility index (Phi) is 71.0. The molecule has 0 saturated heterocycles. The number of quaternary nitrogens is 1. The number of likely N-dealkylation sites (N-methyl/N-ethyl adjacent to an activating group) is 1. The highest BCUT2D eigenvalue weighted by atomic mass is 31.2. The molecule has 0 aromatic carbocycles. The molecule has 0 fully saturated rings. The highest BCUT2D eigenvalue weighted by molar-refractivity contribution is 7.47. The van der Waals surface area contributed by atoms with Gasteiger partial charge in [0.2, 0.25) is 0 Å². The highest BCUT2D eigenvalue weighted by Gasteiger charge is 2.27. The molecular formula is C86H145NO8P+. The third-order valence-corrected chi connectivity index (χ3v) is 17.2. The Hall–Kier alpha value is -4.63. The summed E-state index contributed by atoms with van der Waals surface area (Å²) >= 11 is 0. The maximum atomic E-state index is 12.9. The van der Waals surface area contributed by atoms with Gasteiger partial charge in [-0.05, 0) is 128 Å². The number of hydrogen-bond acceptors (Lipinski definition) is 7. The van der Waals surface area contributed by atoms with Gasteiger partial charge in [0.1, 0.15) is 19.8 Å². The number of esters is 2. The van der Waals surface area contributed by atoms with Gasteiger partial charge in [-0.15, -0.1) is 0 Å². The normalized spacial score (nSPS) is 14.0. The lowest BCUT2D eigenvalue weighted by Gasteiger charge is -2.24. The number of allylic oxidation sites excluding steroid dienone is 28. The van der Waals surface area contributed by atoms with E-state index in [0.29, 0.717) is 17.4 Å². The molecular weight excluding hydrogens is 1210 g/mol. The molecule has 9 nitrogen and oxygen atoms in total. The molecule has 0 saturated carbocycles. The van der Waals surface area contributed by atoms with Crippen molar-refractivity contribution in [2.45, 2.75) is 315 Å². The molecule has 0 rings (SSSR count). The van der Waals surface area contributed by atoms with Crippen molar-refractivity contribution in [1.29, 1.82) is 0 Å². The minimum absolute atomic E-state index is 0.0160. The van der Waals surface area contributed by atoms with E-state index in [0.717, 1.165) is 122 Å². The van der Waals surface area contributed by atoms with Crippen molar-refractivity contribution in [3.05, 3.63) is 170 Å². The first kappa shape index (κ1) is 91.4. The first-order valence-corrected chi connectivity index (χ1v) is 40.4. The van der Waals surface area contributed by atoms with E-state index in [1.165, 1.54) is 154 Å². The lowest BCUT2D eigenvalue weighted by atomic mass is 10.0. The lowest BCUT2D eigenvalue weighted by molar-refractivity contribution is -0.870. The summed E-state index contributed by atoms with van der Waals surface area (Å²) in [5.74, 6) is -0.849. The molecule has 0 aromatic rings. The smallest absolute Gasteiger partial charge is 0.462 e. The van der Waals surface area contributed by atoms with Crippen LogP contribution in [0.25, 0.3) is 0 Å². The molecule has 2 atom stereocenters. The van der Waals surface area contributed by atoms with Crippen LogP contribution in [0, 0.1) is 0 Å². The van der Waals surface area contributed by atoms with E-state index in [1.807, 2.05) is 21.1 Å². The molecule has 96 heavy (non-hydrogen) atoms. The Morgan fingerprint density at radius 2 is 0.562 bits per heavy atom. The van der Waals surface area contributed by atoms with Crippen LogP contribution in [0.4, 0.5) is 0 Å². The molecule has 0 radical (unpaired) electrons. The molecule has 10 heteroatoms. The van der Waals surface area contributed by atoms with E-state index in [9.17, 15) is 19.0 Å². The van der Waals surface area contributed by atoms with Crippen LogP contribution in [0.5, 0.6) is 0 Å². The summed E-state index contributed by atoms with van der Waals surface area (Å²) < 4.78 is 34.7. The summed E-state index contributed by atoms with van der Waals surface area (Å²) in [5, 5.41) is 0. The molecule has 546 valence electrons. The van der Waals surface area contributed by atoms with Gasteiger partial charge in [-0.1, -0.05) is 338 Å². The van der Waals surface area contributed by atoms with Crippen molar-refractivity contribution >= 4 is 19.8 Å². The third-order valence-electron chi connectivity index (χ3n) is 16.2. The van der Waals surface area contributed by atoms with Crippen molar-refractivity contribution in [2.75, 3.05) is 47.5 Å². The van der Waals surface area contributed by atoms with E-state index < -0.39 is 26.5 Å². The Labute approximate surface area is 591 Å². The predicted octanol–water partition coefficient (Wildman–Crippen LogP) is 26.1. The maximum absolute atomic E-state index is 12.9. The van der Waals surface area contributed by atoms with E-state index >= 15 is 0 Å². The van der Waals surface area contributed by atoms with Crippen molar-refractivity contribution < 1.29 is 42.1 Å². The number of phosphoric ester groups is 1. The lowest BCUT2D eigenvalue weighted by Crippen LogP contribution is -2.37. The van der Waals surface area contributed by atoms with Crippen molar-refractivity contribution in [3.8, 4) is 0 Å². The predicted molar refractivity (Wildman–Crippen MR) is 417 cm³/mol. The first-order chi connectivity index (χ1) is 47.0.